The lowest BCUT2D eigenvalue weighted by Crippen LogP contribution is -2.32. The van der Waals surface area contributed by atoms with Crippen LogP contribution in [0.1, 0.15) is 39.0 Å². The van der Waals surface area contributed by atoms with Crippen LogP contribution >= 0.6 is 0 Å². The molecule has 0 aromatic rings. The highest BCUT2D eigenvalue weighted by atomic mass is 14.6. The Kier molecular flexibility index (Phi) is 1.40. The van der Waals surface area contributed by atoms with Gasteiger partial charge in [0.1, 0.15) is 0 Å². The molecule has 0 aromatic carbocycles. The van der Waals surface area contributed by atoms with Crippen molar-refractivity contribution in [2.24, 2.45) is 35.5 Å². The lowest BCUT2D eigenvalue weighted by atomic mass is 9.66. The smallest absolute Gasteiger partial charge is 0.0138 e. The van der Waals surface area contributed by atoms with Gasteiger partial charge in [-0.2, -0.15) is 0 Å². The van der Waals surface area contributed by atoms with E-state index >= 15 is 0 Å². The molecule has 0 radical (unpaired) electrons. The Morgan fingerprint density at radius 1 is 1.29 bits per heavy atom. The fourth-order valence-corrected chi connectivity index (χ4v) is 5.42. The minimum absolute atomic E-state index is 1.02. The van der Waals surface area contributed by atoms with E-state index in [-0.39, 0.29) is 0 Å². The summed E-state index contributed by atoms with van der Waals surface area (Å²) in [5.41, 5.74) is 1.90. The average Bonchev–Trinajstić information content (AvgIpc) is 2.94. The molecule has 0 spiro atoms. The second kappa shape index (κ2) is 2.46. The summed E-state index contributed by atoms with van der Waals surface area (Å²) in [6, 6.07) is 0. The number of allylic oxidation sites excluding steroid dienone is 2. The first-order valence-electron chi connectivity index (χ1n) is 6.59. The molecule has 2 saturated carbocycles. The summed E-state index contributed by atoms with van der Waals surface area (Å²) in [6.45, 7) is 2.39. The number of hydrogen-bond donors (Lipinski definition) is 0. The average molecular weight is 188 g/mol. The van der Waals surface area contributed by atoms with Crippen molar-refractivity contribution in [2.75, 3.05) is 0 Å². The second-order valence-electron chi connectivity index (χ2n) is 6.13. The Bertz CT molecular complexity index is 301. The SMILES string of the molecule is CCC1CC2=CC1C1C3CCC(C3)C21. The molecule has 0 aliphatic heterocycles. The van der Waals surface area contributed by atoms with Crippen LogP contribution in [0.15, 0.2) is 11.6 Å². The van der Waals surface area contributed by atoms with Crippen LogP contribution in [0.2, 0.25) is 0 Å². The first-order chi connectivity index (χ1) is 6.88. The van der Waals surface area contributed by atoms with Gasteiger partial charge in [0.2, 0.25) is 0 Å². The molecule has 4 rings (SSSR count). The summed E-state index contributed by atoms with van der Waals surface area (Å²) in [7, 11) is 0. The largest absolute Gasteiger partial charge is 0.0813 e. The normalized spacial score (nSPS) is 57.9. The fourth-order valence-electron chi connectivity index (χ4n) is 5.42. The monoisotopic (exact) mass is 188 g/mol. The summed E-state index contributed by atoms with van der Waals surface area (Å²) in [4.78, 5) is 0. The van der Waals surface area contributed by atoms with Gasteiger partial charge < -0.3 is 0 Å². The van der Waals surface area contributed by atoms with Gasteiger partial charge >= 0.3 is 0 Å². The molecule has 6 unspecified atom stereocenters. The van der Waals surface area contributed by atoms with E-state index < -0.39 is 0 Å². The highest BCUT2D eigenvalue weighted by Crippen LogP contribution is 2.66. The third-order valence-electron chi connectivity index (χ3n) is 5.83. The van der Waals surface area contributed by atoms with Crippen molar-refractivity contribution in [1.29, 1.82) is 0 Å². The van der Waals surface area contributed by atoms with Gasteiger partial charge in [0.15, 0.2) is 0 Å². The van der Waals surface area contributed by atoms with E-state index in [9.17, 15) is 0 Å². The van der Waals surface area contributed by atoms with Crippen LogP contribution in [0.25, 0.3) is 0 Å². The van der Waals surface area contributed by atoms with Gasteiger partial charge in [-0.1, -0.05) is 25.0 Å². The van der Waals surface area contributed by atoms with Crippen molar-refractivity contribution in [3.05, 3.63) is 11.6 Å². The van der Waals surface area contributed by atoms with Crippen molar-refractivity contribution in [1.82, 2.24) is 0 Å². The maximum Gasteiger partial charge on any atom is -0.0138 e. The lowest BCUT2D eigenvalue weighted by molar-refractivity contribution is 0.145. The van der Waals surface area contributed by atoms with E-state index in [1.54, 1.807) is 19.3 Å². The zero-order valence-electron chi connectivity index (χ0n) is 9.08. The van der Waals surface area contributed by atoms with Gasteiger partial charge in [0.25, 0.3) is 0 Å². The number of rotatable bonds is 1. The van der Waals surface area contributed by atoms with Crippen LogP contribution in [-0.4, -0.2) is 0 Å². The van der Waals surface area contributed by atoms with Crippen molar-refractivity contribution in [3.63, 3.8) is 0 Å². The minimum Gasteiger partial charge on any atom is -0.0813 e. The Labute approximate surface area is 86.8 Å². The summed E-state index contributed by atoms with van der Waals surface area (Å²) in [6.07, 6.45) is 10.3. The van der Waals surface area contributed by atoms with Gasteiger partial charge in [-0.25, -0.2) is 0 Å². The minimum atomic E-state index is 1.02. The Morgan fingerprint density at radius 3 is 3.00 bits per heavy atom. The number of fused-ring (bicyclic) bond motifs is 8. The second-order valence-corrected chi connectivity index (χ2v) is 6.13. The molecule has 4 aliphatic rings. The third-order valence-corrected chi connectivity index (χ3v) is 5.83. The Morgan fingerprint density at radius 2 is 2.14 bits per heavy atom. The zero-order valence-corrected chi connectivity index (χ0v) is 9.08. The molecule has 0 N–H and O–H groups in total. The molecule has 6 atom stereocenters. The quantitative estimate of drug-likeness (QED) is 0.551. The van der Waals surface area contributed by atoms with E-state index in [0.717, 1.165) is 35.5 Å². The van der Waals surface area contributed by atoms with Gasteiger partial charge in [-0.05, 0) is 61.2 Å². The van der Waals surface area contributed by atoms with Gasteiger partial charge in [-0.3, -0.25) is 0 Å². The molecule has 2 fully saturated rings. The molecule has 0 heteroatoms. The van der Waals surface area contributed by atoms with E-state index in [2.05, 4.69) is 13.0 Å². The molecule has 0 amide bonds. The van der Waals surface area contributed by atoms with Crippen molar-refractivity contribution in [3.8, 4) is 0 Å². The third kappa shape index (κ3) is 0.741. The molecule has 4 aliphatic carbocycles. The van der Waals surface area contributed by atoms with Crippen LogP contribution in [-0.2, 0) is 0 Å². The molecule has 76 valence electrons. The molecular formula is C14H20. The zero-order chi connectivity index (χ0) is 9.28. The Balaban J connectivity index is 1.71. The van der Waals surface area contributed by atoms with Crippen molar-refractivity contribution >= 4 is 0 Å². The predicted molar refractivity (Wildman–Crippen MR) is 57.8 cm³/mol. The van der Waals surface area contributed by atoms with Gasteiger partial charge in [0.05, 0.1) is 0 Å². The molecular weight excluding hydrogens is 168 g/mol. The first-order valence-corrected chi connectivity index (χ1v) is 6.59. The molecule has 0 heterocycles. The maximum atomic E-state index is 2.70. The Hall–Kier alpha value is -0.260. The van der Waals surface area contributed by atoms with Crippen LogP contribution in [0, 0.1) is 35.5 Å². The number of hydrogen-bond acceptors (Lipinski definition) is 0. The van der Waals surface area contributed by atoms with Gasteiger partial charge in [0, 0.05) is 0 Å². The maximum absolute atomic E-state index is 2.70. The first kappa shape index (κ1) is 7.96. The standard InChI is InChI=1S/C14H20/c1-2-8-5-11-7-12(8)14-10-4-3-9(6-10)13(11)14/h7-10,12-14H,2-6H2,1H3. The fraction of sp³-hybridized carbons (Fsp3) is 0.857. The van der Waals surface area contributed by atoms with E-state index in [1.165, 1.54) is 12.8 Å². The summed E-state index contributed by atoms with van der Waals surface area (Å²) in [5.74, 6) is 6.54. The van der Waals surface area contributed by atoms with E-state index in [0.29, 0.717) is 0 Å². The molecule has 0 nitrogen and oxygen atoms in total. The molecule has 14 heavy (non-hydrogen) atoms. The highest BCUT2D eigenvalue weighted by molar-refractivity contribution is 5.30. The summed E-state index contributed by atoms with van der Waals surface area (Å²) in [5, 5.41) is 0. The topological polar surface area (TPSA) is 0 Å². The molecule has 0 saturated heterocycles. The molecule has 0 aromatic heterocycles. The van der Waals surface area contributed by atoms with Crippen molar-refractivity contribution in [2.45, 2.75) is 39.0 Å². The van der Waals surface area contributed by atoms with Gasteiger partial charge in [-0.15, -0.1) is 0 Å². The van der Waals surface area contributed by atoms with Crippen LogP contribution in [0.5, 0.6) is 0 Å². The summed E-state index contributed by atoms with van der Waals surface area (Å²) >= 11 is 0. The lowest BCUT2D eigenvalue weighted by Gasteiger charge is -2.38. The highest BCUT2D eigenvalue weighted by Gasteiger charge is 2.57. The molecule has 4 bridgehead atoms. The van der Waals surface area contributed by atoms with Crippen LogP contribution < -0.4 is 0 Å². The van der Waals surface area contributed by atoms with Crippen molar-refractivity contribution < 1.29 is 0 Å². The predicted octanol–water partition coefficient (Wildman–Crippen LogP) is 3.63. The van der Waals surface area contributed by atoms with Crippen LogP contribution in [0.3, 0.4) is 0 Å². The van der Waals surface area contributed by atoms with Crippen LogP contribution in [0.4, 0.5) is 0 Å². The van der Waals surface area contributed by atoms with E-state index in [4.69, 9.17) is 0 Å². The van der Waals surface area contributed by atoms with E-state index in [1.807, 2.05) is 5.57 Å². The summed E-state index contributed by atoms with van der Waals surface area (Å²) < 4.78 is 0.